The summed E-state index contributed by atoms with van der Waals surface area (Å²) in [7, 11) is -1.92. The Morgan fingerprint density at radius 3 is 2.22 bits per heavy atom. The van der Waals surface area contributed by atoms with Gasteiger partial charge in [0.15, 0.2) is 0 Å². The number of sulfonamides is 1. The first-order valence-corrected chi connectivity index (χ1v) is 7.51. The Morgan fingerprint density at radius 1 is 1.28 bits per heavy atom. The molecule has 1 rings (SSSR count). The van der Waals surface area contributed by atoms with Crippen molar-refractivity contribution in [1.82, 2.24) is 4.31 Å². The third-order valence-corrected chi connectivity index (χ3v) is 4.81. The van der Waals surface area contributed by atoms with Crippen LogP contribution in [0.4, 0.5) is 0 Å². The number of hydrogen-bond acceptors (Lipinski definition) is 3. The van der Waals surface area contributed by atoms with Gasteiger partial charge < -0.3 is 0 Å². The number of benzene rings is 1. The van der Waals surface area contributed by atoms with Crippen molar-refractivity contribution in [2.45, 2.75) is 26.3 Å². The fourth-order valence-corrected chi connectivity index (χ4v) is 2.56. The lowest BCUT2D eigenvalue weighted by Crippen LogP contribution is -2.31. The molecule has 0 aliphatic heterocycles. The van der Waals surface area contributed by atoms with Gasteiger partial charge in [-0.2, -0.15) is 9.57 Å². The summed E-state index contributed by atoms with van der Waals surface area (Å²) in [5.41, 5.74) is 1.87. The van der Waals surface area contributed by atoms with Gasteiger partial charge in [0.05, 0.1) is 11.8 Å². The number of nitriles is 1. The third-order valence-electron chi connectivity index (χ3n) is 2.99. The van der Waals surface area contributed by atoms with Crippen LogP contribution in [0.3, 0.4) is 0 Å². The van der Waals surface area contributed by atoms with Crippen molar-refractivity contribution >= 4 is 10.0 Å². The average Bonchev–Trinajstić information content (AvgIpc) is 2.40. The highest BCUT2D eigenvalue weighted by atomic mass is 32.2. The predicted molar refractivity (Wildman–Crippen MR) is 71.4 cm³/mol. The molecule has 0 heterocycles. The second-order valence-electron chi connectivity index (χ2n) is 4.04. The minimum absolute atomic E-state index is 0.00523. The van der Waals surface area contributed by atoms with Crippen molar-refractivity contribution in [2.75, 3.05) is 12.8 Å². The Kier molecular flexibility index (Phi) is 4.88. The number of rotatable bonds is 5. The summed E-state index contributed by atoms with van der Waals surface area (Å²) in [6.45, 7) is 3.62. The Labute approximate surface area is 109 Å². The lowest BCUT2D eigenvalue weighted by atomic mass is 10.1. The number of hydrogen-bond donors (Lipinski definition) is 0. The van der Waals surface area contributed by atoms with Crippen molar-refractivity contribution < 1.29 is 8.42 Å². The summed E-state index contributed by atoms with van der Waals surface area (Å²) in [5, 5.41) is 9.18. The topological polar surface area (TPSA) is 61.2 Å². The largest absolute Gasteiger partial charge is 0.215 e. The van der Waals surface area contributed by atoms with E-state index < -0.39 is 16.1 Å². The van der Waals surface area contributed by atoms with Gasteiger partial charge in [-0.15, -0.1) is 0 Å². The van der Waals surface area contributed by atoms with Gasteiger partial charge in [0.2, 0.25) is 10.0 Å². The van der Waals surface area contributed by atoms with Crippen LogP contribution in [0.2, 0.25) is 0 Å². The molecular weight excluding hydrogens is 248 g/mol. The molecule has 1 atom stereocenters. The molecule has 0 saturated heterocycles. The van der Waals surface area contributed by atoms with Crippen LogP contribution in [-0.2, 0) is 16.4 Å². The highest BCUT2D eigenvalue weighted by molar-refractivity contribution is 7.89. The van der Waals surface area contributed by atoms with E-state index >= 15 is 0 Å². The second kappa shape index (κ2) is 5.98. The molecule has 1 unspecified atom stereocenters. The zero-order valence-corrected chi connectivity index (χ0v) is 11.7. The maximum Gasteiger partial charge on any atom is 0.215 e. The van der Waals surface area contributed by atoms with E-state index in [1.54, 1.807) is 6.92 Å². The molecule has 0 bridgehead atoms. The molecule has 4 nitrogen and oxygen atoms in total. The molecule has 0 spiro atoms. The van der Waals surface area contributed by atoms with Crippen LogP contribution < -0.4 is 0 Å². The van der Waals surface area contributed by atoms with Crippen LogP contribution in [0.25, 0.3) is 0 Å². The zero-order valence-electron chi connectivity index (χ0n) is 10.9. The summed E-state index contributed by atoms with van der Waals surface area (Å²) >= 11 is 0. The van der Waals surface area contributed by atoms with Crippen LogP contribution in [0, 0.1) is 11.3 Å². The van der Waals surface area contributed by atoms with Crippen molar-refractivity contribution in [3.8, 4) is 6.07 Å². The van der Waals surface area contributed by atoms with Gasteiger partial charge in [0, 0.05) is 7.05 Å². The molecule has 1 aromatic carbocycles. The quantitative estimate of drug-likeness (QED) is 0.820. The fraction of sp³-hybridized carbons (Fsp3) is 0.462. The van der Waals surface area contributed by atoms with Gasteiger partial charge in [-0.3, -0.25) is 0 Å². The lowest BCUT2D eigenvalue weighted by molar-refractivity contribution is 0.433. The van der Waals surface area contributed by atoms with E-state index in [1.807, 2.05) is 37.3 Å². The molecule has 1 aromatic rings. The molecule has 0 N–H and O–H groups in total. The number of aryl methyl sites for hydroxylation is 1. The van der Waals surface area contributed by atoms with Gasteiger partial charge in [0.1, 0.15) is 6.04 Å². The molecule has 5 heteroatoms. The standard InChI is InChI=1S/C13H18N2O2S/c1-4-11-6-8-12(9-7-11)13(10-14)15(3)18(16,17)5-2/h6-9,13H,4-5H2,1-3H3. The molecule has 98 valence electrons. The summed E-state index contributed by atoms with van der Waals surface area (Å²) in [4.78, 5) is 0. The van der Waals surface area contributed by atoms with Crippen molar-refractivity contribution in [2.24, 2.45) is 0 Å². The molecule has 0 aliphatic carbocycles. The van der Waals surface area contributed by atoms with E-state index in [1.165, 1.54) is 7.05 Å². The van der Waals surface area contributed by atoms with Crippen molar-refractivity contribution in [3.63, 3.8) is 0 Å². The van der Waals surface area contributed by atoms with E-state index in [-0.39, 0.29) is 5.75 Å². The average molecular weight is 266 g/mol. The fourth-order valence-electron chi connectivity index (χ4n) is 1.67. The molecule has 0 aliphatic rings. The summed E-state index contributed by atoms with van der Waals surface area (Å²) in [6.07, 6.45) is 0.917. The Bertz CT molecular complexity index is 529. The first-order valence-electron chi connectivity index (χ1n) is 5.90. The van der Waals surface area contributed by atoms with Gasteiger partial charge >= 0.3 is 0 Å². The minimum atomic E-state index is -3.36. The summed E-state index contributed by atoms with van der Waals surface area (Å²) in [5.74, 6) is -0.00523. The summed E-state index contributed by atoms with van der Waals surface area (Å²) in [6, 6.07) is 8.75. The monoisotopic (exact) mass is 266 g/mol. The van der Waals surface area contributed by atoms with E-state index in [0.29, 0.717) is 5.56 Å². The van der Waals surface area contributed by atoms with Crippen LogP contribution >= 0.6 is 0 Å². The number of nitrogens with zero attached hydrogens (tertiary/aromatic N) is 2. The van der Waals surface area contributed by atoms with Gasteiger partial charge in [-0.05, 0) is 24.5 Å². The van der Waals surface area contributed by atoms with Crippen LogP contribution in [0.1, 0.15) is 31.0 Å². The highest BCUT2D eigenvalue weighted by Gasteiger charge is 2.25. The minimum Gasteiger partial charge on any atom is -0.212 e. The normalized spacial score (nSPS) is 13.3. The van der Waals surface area contributed by atoms with E-state index in [9.17, 15) is 13.7 Å². The first-order chi connectivity index (χ1) is 8.46. The van der Waals surface area contributed by atoms with Gasteiger partial charge in [0.25, 0.3) is 0 Å². The molecule has 0 aromatic heterocycles. The maximum atomic E-state index is 11.8. The zero-order chi connectivity index (χ0) is 13.8. The molecule has 0 fully saturated rings. The van der Waals surface area contributed by atoms with Crippen LogP contribution in [0.15, 0.2) is 24.3 Å². The molecular formula is C13H18N2O2S. The molecule has 18 heavy (non-hydrogen) atoms. The van der Waals surface area contributed by atoms with E-state index in [0.717, 1.165) is 16.3 Å². The van der Waals surface area contributed by atoms with Crippen LogP contribution in [-0.4, -0.2) is 25.5 Å². The van der Waals surface area contributed by atoms with E-state index in [4.69, 9.17) is 0 Å². The first kappa shape index (κ1) is 14.7. The van der Waals surface area contributed by atoms with E-state index in [2.05, 4.69) is 0 Å². The Hall–Kier alpha value is -1.38. The Balaban J connectivity index is 3.07. The third kappa shape index (κ3) is 3.09. The van der Waals surface area contributed by atoms with Crippen molar-refractivity contribution in [1.29, 1.82) is 5.26 Å². The SMILES string of the molecule is CCc1ccc(C(C#N)N(C)S(=O)(=O)CC)cc1. The summed E-state index contributed by atoms with van der Waals surface area (Å²) < 4.78 is 24.7. The van der Waals surface area contributed by atoms with Gasteiger partial charge in [-0.1, -0.05) is 31.2 Å². The maximum absolute atomic E-state index is 11.8. The second-order valence-corrected chi connectivity index (χ2v) is 6.36. The van der Waals surface area contributed by atoms with Crippen molar-refractivity contribution in [3.05, 3.63) is 35.4 Å². The smallest absolute Gasteiger partial charge is 0.212 e. The Morgan fingerprint density at radius 2 is 1.83 bits per heavy atom. The van der Waals surface area contributed by atoms with Crippen LogP contribution in [0.5, 0.6) is 0 Å². The molecule has 0 saturated carbocycles. The predicted octanol–water partition coefficient (Wildman–Crippen LogP) is 2.10. The molecule has 0 amide bonds. The highest BCUT2D eigenvalue weighted by Crippen LogP contribution is 2.22. The van der Waals surface area contributed by atoms with Gasteiger partial charge in [-0.25, -0.2) is 8.42 Å². The lowest BCUT2D eigenvalue weighted by Gasteiger charge is -2.21. The molecule has 0 radical (unpaired) electrons.